The zero-order valence-corrected chi connectivity index (χ0v) is 10.8. The normalized spacial score (nSPS) is 10.4. The van der Waals surface area contributed by atoms with Crippen molar-refractivity contribution in [3.8, 4) is 0 Å². The molecule has 4 nitrogen and oxygen atoms in total. The average molecular weight is 235 g/mol. The maximum Gasteiger partial charge on any atom is 0.251 e. The number of nitrogens with zero attached hydrogens (tertiary/aromatic N) is 1. The molecule has 0 fully saturated rings. The van der Waals surface area contributed by atoms with Crippen LogP contribution >= 0.6 is 0 Å². The van der Waals surface area contributed by atoms with Crippen molar-refractivity contribution in [1.29, 1.82) is 0 Å². The van der Waals surface area contributed by atoms with E-state index >= 15 is 0 Å². The molecule has 0 aliphatic rings. The minimum Gasteiger partial charge on any atom is -0.370 e. The highest BCUT2D eigenvalue weighted by atomic mass is 16.1. The molecule has 1 heterocycles. The van der Waals surface area contributed by atoms with E-state index in [0.29, 0.717) is 11.5 Å². The van der Waals surface area contributed by atoms with E-state index in [1.807, 2.05) is 6.92 Å². The first-order valence-corrected chi connectivity index (χ1v) is 6.11. The summed E-state index contributed by atoms with van der Waals surface area (Å²) in [5.41, 5.74) is 0.653. The second-order valence-corrected chi connectivity index (χ2v) is 4.40. The van der Waals surface area contributed by atoms with Gasteiger partial charge in [-0.3, -0.25) is 4.79 Å². The monoisotopic (exact) mass is 235 g/mol. The first-order chi connectivity index (χ1) is 8.13. The zero-order valence-electron chi connectivity index (χ0n) is 10.8. The van der Waals surface area contributed by atoms with Gasteiger partial charge in [0.2, 0.25) is 0 Å². The van der Waals surface area contributed by atoms with Gasteiger partial charge in [-0.1, -0.05) is 13.8 Å². The van der Waals surface area contributed by atoms with Crippen LogP contribution in [0.2, 0.25) is 0 Å². The largest absolute Gasteiger partial charge is 0.370 e. The molecule has 1 rings (SSSR count). The lowest BCUT2D eigenvalue weighted by Gasteiger charge is -2.08. The Bertz CT molecular complexity index is 363. The number of hydrogen-bond donors (Lipinski definition) is 2. The quantitative estimate of drug-likeness (QED) is 0.795. The fourth-order valence-electron chi connectivity index (χ4n) is 1.43. The minimum atomic E-state index is -0.0350. The molecule has 0 saturated carbocycles. The van der Waals surface area contributed by atoms with Crippen LogP contribution in [0.4, 0.5) is 5.82 Å². The maximum absolute atomic E-state index is 11.8. The van der Waals surface area contributed by atoms with Crippen LogP contribution in [0.3, 0.4) is 0 Å². The van der Waals surface area contributed by atoms with Gasteiger partial charge in [-0.2, -0.15) is 0 Å². The van der Waals surface area contributed by atoms with Gasteiger partial charge in [0.15, 0.2) is 0 Å². The Morgan fingerprint density at radius 1 is 1.47 bits per heavy atom. The number of aromatic nitrogens is 1. The first kappa shape index (κ1) is 13.5. The van der Waals surface area contributed by atoms with Crippen LogP contribution in [0.25, 0.3) is 0 Å². The highest BCUT2D eigenvalue weighted by molar-refractivity contribution is 5.94. The molecule has 0 atom stereocenters. The lowest BCUT2D eigenvalue weighted by atomic mass is 10.1. The Hall–Kier alpha value is -1.58. The van der Waals surface area contributed by atoms with E-state index in [0.717, 1.165) is 25.3 Å². The summed E-state index contributed by atoms with van der Waals surface area (Å²) in [6.45, 7) is 7.79. The molecule has 0 spiro atoms. The molecule has 0 unspecified atom stereocenters. The van der Waals surface area contributed by atoms with E-state index in [9.17, 15) is 4.79 Å². The molecule has 0 saturated heterocycles. The van der Waals surface area contributed by atoms with E-state index in [1.165, 1.54) is 0 Å². The fraction of sp³-hybridized carbons (Fsp3) is 0.538. The summed E-state index contributed by atoms with van der Waals surface area (Å²) in [6, 6.07) is 3.50. The van der Waals surface area contributed by atoms with Crippen LogP contribution in [0.5, 0.6) is 0 Å². The third-order valence-electron chi connectivity index (χ3n) is 2.39. The SMILES string of the molecule is CCNc1cc(C(=O)NCCC(C)C)ccn1. The van der Waals surface area contributed by atoms with E-state index in [2.05, 4.69) is 29.5 Å². The van der Waals surface area contributed by atoms with Gasteiger partial charge in [0.25, 0.3) is 5.91 Å². The third kappa shape index (κ3) is 4.85. The van der Waals surface area contributed by atoms with E-state index in [1.54, 1.807) is 18.3 Å². The predicted molar refractivity (Wildman–Crippen MR) is 70.2 cm³/mol. The number of anilines is 1. The molecule has 1 aromatic heterocycles. The van der Waals surface area contributed by atoms with Crippen LogP contribution in [-0.4, -0.2) is 24.0 Å². The molecular weight excluding hydrogens is 214 g/mol. The number of carbonyl (C=O) groups is 1. The van der Waals surface area contributed by atoms with Crippen molar-refractivity contribution in [1.82, 2.24) is 10.3 Å². The molecule has 94 valence electrons. The highest BCUT2D eigenvalue weighted by Crippen LogP contribution is 2.06. The lowest BCUT2D eigenvalue weighted by Crippen LogP contribution is -2.25. The number of carbonyl (C=O) groups excluding carboxylic acids is 1. The van der Waals surface area contributed by atoms with Crippen molar-refractivity contribution >= 4 is 11.7 Å². The summed E-state index contributed by atoms with van der Waals surface area (Å²) in [5, 5.41) is 5.99. The van der Waals surface area contributed by atoms with Gasteiger partial charge in [0.1, 0.15) is 5.82 Å². The summed E-state index contributed by atoms with van der Waals surface area (Å²) in [7, 11) is 0. The average Bonchev–Trinajstić information content (AvgIpc) is 2.29. The van der Waals surface area contributed by atoms with Crippen molar-refractivity contribution in [2.24, 2.45) is 5.92 Å². The molecule has 1 aromatic rings. The van der Waals surface area contributed by atoms with Crippen LogP contribution in [0.1, 0.15) is 37.6 Å². The Balaban J connectivity index is 2.53. The Morgan fingerprint density at radius 2 is 2.24 bits per heavy atom. The molecule has 0 aromatic carbocycles. The molecule has 4 heteroatoms. The van der Waals surface area contributed by atoms with Gasteiger partial charge in [-0.15, -0.1) is 0 Å². The summed E-state index contributed by atoms with van der Waals surface area (Å²) >= 11 is 0. The van der Waals surface area contributed by atoms with E-state index < -0.39 is 0 Å². The first-order valence-electron chi connectivity index (χ1n) is 6.11. The fourth-order valence-corrected chi connectivity index (χ4v) is 1.43. The second kappa shape index (κ2) is 6.89. The van der Waals surface area contributed by atoms with Crippen molar-refractivity contribution in [2.75, 3.05) is 18.4 Å². The molecule has 0 bridgehead atoms. The topological polar surface area (TPSA) is 54.0 Å². The Labute approximate surface area is 103 Å². The number of amides is 1. The number of pyridine rings is 1. The summed E-state index contributed by atoms with van der Waals surface area (Å²) < 4.78 is 0. The van der Waals surface area contributed by atoms with Crippen molar-refractivity contribution in [3.05, 3.63) is 23.9 Å². The standard InChI is InChI=1S/C13H21N3O/c1-4-14-12-9-11(6-8-15-12)13(17)16-7-5-10(2)3/h6,8-10H,4-5,7H2,1-3H3,(H,14,15)(H,16,17). The highest BCUT2D eigenvalue weighted by Gasteiger charge is 2.06. The van der Waals surface area contributed by atoms with Crippen molar-refractivity contribution in [3.63, 3.8) is 0 Å². The van der Waals surface area contributed by atoms with Gasteiger partial charge >= 0.3 is 0 Å². The molecule has 17 heavy (non-hydrogen) atoms. The number of nitrogens with one attached hydrogen (secondary N) is 2. The predicted octanol–water partition coefficient (Wildman–Crippen LogP) is 2.29. The van der Waals surface area contributed by atoms with Crippen LogP contribution in [0, 0.1) is 5.92 Å². The van der Waals surface area contributed by atoms with Gasteiger partial charge in [0, 0.05) is 24.8 Å². The number of rotatable bonds is 6. The number of hydrogen-bond acceptors (Lipinski definition) is 3. The Morgan fingerprint density at radius 3 is 2.88 bits per heavy atom. The van der Waals surface area contributed by atoms with Gasteiger partial charge in [-0.25, -0.2) is 4.98 Å². The smallest absolute Gasteiger partial charge is 0.251 e. The van der Waals surface area contributed by atoms with Crippen LogP contribution in [-0.2, 0) is 0 Å². The third-order valence-corrected chi connectivity index (χ3v) is 2.39. The molecule has 0 radical (unpaired) electrons. The molecule has 0 aliphatic heterocycles. The van der Waals surface area contributed by atoms with Gasteiger partial charge < -0.3 is 10.6 Å². The van der Waals surface area contributed by atoms with Crippen LogP contribution < -0.4 is 10.6 Å². The molecule has 0 aliphatic carbocycles. The second-order valence-electron chi connectivity index (χ2n) is 4.40. The van der Waals surface area contributed by atoms with Crippen molar-refractivity contribution in [2.45, 2.75) is 27.2 Å². The van der Waals surface area contributed by atoms with Gasteiger partial charge in [0.05, 0.1) is 0 Å². The summed E-state index contributed by atoms with van der Waals surface area (Å²) in [6.07, 6.45) is 2.65. The van der Waals surface area contributed by atoms with Crippen LogP contribution in [0.15, 0.2) is 18.3 Å². The van der Waals surface area contributed by atoms with Crippen molar-refractivity contribution < 1.29 is 4.79 Å². The van der Waals surface area contributed by atoms with E-state index in [-0.39, 0.29) is 5.91 Å². The summed E-state index contributed by atoms with van der Waals surface area (Å²) in [5.74, 6) is 1.31. The lowest BCUT2D eigenvalue weighted by molar-refractivity contribution is 0.0952. The zero-order chi connectivity index (χ0) is 12.7. The Kier molecular flexibility index (Phi) is 5.46. The van der Waals surface area contributed by atoms with E-state index in [4.69, 9.17) is 0 Å². The minimum absolute atomic E-state index is 0.0350. The molecule has 2 N–H and O–H groups in total. The summed E-state index contributed by atoms with van der Waals surface area (Å²) in [4.78, 5) is 15.9. The molecular formula is C13H21N3O. The maximum atomic E-state index is 11.8. The van der Waals surface area contributed by atoms with Gasteiger partial charge in [-0.05, 0) is 31.4 Å². The molecule has 1 amide bonds.